The van der Waals surface area contributed by atoms with E-state index < -0.39 is 0 Å². The molecule has 17 heavy (non-hydrogen) atoms. The Morgan fingerprint density at radius 1 is 1.59 bits per heavy atom. The van der Waals surface area contributed by atoms with Crippen LogP contribution in [0.2, 0.25) is 0 Å². The number of furan rings is 1. The Balaban J connectivity index is 1.66. The number of fused-ring (bicyclic) bond motifs is 1. The summed E-state index contributed by atoms with van der Waals surface area (Å²) in [6.07, 6.45) is 5.76. The summed E-state index contributed by atoms with van der Waals surface area (Å²) in [5.74, 6) is 0.950. The maximum Gasteiger partial charge on any atom is 0.193 e. The summed E-state index contributed by atoms with van der Waals surface area (Å²) in [6.45, 7) is 2.83. The van der Waals surface area contributed by atoms with Gasteiger partial charge in [-0.05, 0) is 19.1 Å². The van der Waals surface area contributed by atoms with Gasteiger partial charge in [-0.1, -0.05) is 0 Å². The average Bonchev–Trinajstić information content (AvgIpc) is 3.01. The highest BCUT2D eigenvalue weighted by atomic mass is 32.1. The van der Waals surface area contributed by atoms with Crippen LogP contribution in [0.1, 0.15) is 24.4 Å². The zero-order valence-corrected chi connectivity index (χ0v) is 10.3. The van der Waals surface area contributed by atoms with Gasteiger partial charge in [-0.3, -0.25) is 4.40 Å². The minimum Gasteiger partial charge on any atom is -0.468 e. The Hall–Kier alpha value is -1.59. The van der Waals surface area contributed by atoms with E-state index in [4.69, 9.17) is 4.42 Å². The lowest BCUT2D eigenvalue weighted by molar-refractivity contribution is 0.429. The quantitative estimate of drug-likeness (QED) is 0.771. The van der Waals surface area contributed by atoms with Crippen molar-refractivity contribution < 1.29 is 4.42 Å². The predicted molar refractivity (Wildman–Crippen MR) is 67.0 cm³/mol. The second-order valence-corrected chi connectivity index (χ2v) is 4.82. The van der Waals surface area contributed by atoms with E-state index in [2.05, 4.69) is 17.2 Å². The van der Waals surface area contributed by atoms with Crippen LogP contribution in [0.4, 0.5) is 0 Å². The molecule has 3 aromatic heterocycles. The Labute approximate surface area is 103 Å². The Morgan fingerprint density at radius 2 is 2.53 bits per heavy atom. The molecule has 0 aliphatic rings. The lowest BCUT2D eigenvalue weighted by Crippen LogP contribution is -2.17. The second-order valence-electron chi connectivity index (χ2n) is 3.94. The Kier molecular flexibility index (Phi) is 2.70. The van der Waals surface area contributed by atoms with Crippen molar-refractivity contribution in [2.75, 3.05) is 0 Å². The molecule has 0 saturated heterocycles. The normalized spacial score (nSPS) is 13.2. The molecule has 1 unspecified atom stereocenters. The number of thiazole rings is 1. The van der Waals surface area contributed by atoms with Crippen LogP contribution in [0.25, 0.3) is 4.96 Å². The van der Waals surface area contributed by atoms with Gasteiger partial charge in [-0.25, -0.2) is 4.98 Å². The fourth-order valence-corrected chi connectivity index (χ4v) is 2.48. The molecule has 3 rings (SSSR count). The summed E-state index contributed by atoms with van der Waals surface area (Å²) < 4.78 is 7.38. The molecule has 0 saturated carbocycles. The second kappa shape index (κ2) is 4.35. The number of nitrogens with zero attached hydrogens (tertiary/aromatic N) is 2. The molecule has 0 aliphatic heterocycles. The summed E-state index contributed by atoms with van der Waals surface area (Å²) in [4.78, 5) is 5.55. The van der Waals surface area contributed by atoms with E-state index in [9.17, 15) is 0 Å². The van der Waals surface area contributed by atoms with Gasteiger partial charge in [-0.2, -0.15) is 0 Å². The van der Waals surface area contributed by atoms with Crippen LogP contribution in [0.15, 0.2) is 40.6 Å². The smallest absolute Gasteiger partial charge is 0.193 e. The number of aromatic nitrogens is 2. The largest absolute Gasteiger partial charge is 0.468 e. The van der Waals surface area contributed by atoms with Crippen molar-refractivity contribution in [3.8, 4) is 0 Å². The molecule has 0 aliphatic carbocycles. The van der Waals surface area contributed by atoms with Crippen LogP contribution >= 0.6 is 11.3 Å². The van der Waals surface area contributed by atoms with E-state index in [-0.39, 0.29) is 6.04 Å². The van der Waals surface area contributed by atoms with Crippen molar-refractivity contribution >= 4 is 16.3 Å². The molecule has 4 nitrogen and oxygen atoms in total. The number of hydrogen-bond donors (Lipinski definition) is 1. The third-order valence-electron chi connectivity index (χ3n) is 2.70. The van der Waals surface area contributed by atoms with E-state index >= 15 is 0 Å². The highest BCUT2D eigenvalue weighted by molar-refractivity contribution is 7.15. The van der Waals surface area contributed by atoms with Crippen molar-refractivity contribution in [1.29, 1.82) is 0 Å². The molecule has 1 atom stereocenters. The Bertz CT molecular complexity index is 568. The molecule has 3 heterocycles. The van der Waals surface area contributed by atoms with Crippen molar-refractivity contribution in [1.82, 2.24) is 14.7 Å². The van der Waals surface area contributed by atoms with Crippen LogP contribution in [-0.2, 0) is 6.54 Å². The first-order chi connectivity index (χ1) is 8.33. The average molecular weight is 247 g/mol. The van der Waals surface area contributed by atoms with Crippen LogP contribution < -0.4 is 5.32 Å². The van der Waals surface area contributed by atoms with Gasteiger partial charge in [0.25, 0.3) is 0 Å². The lowest BCUT2D eigenvalue weighted by atomic mass is 10.2. The molecule has 0 bridgehead atoms. The lowest BCUT2D eigenvalue weighted by Gasteiger charge is -2.09. The van der Waals surface area contributed by atoms with Gasteiger partial charge in [-0.15, -0.1) is 11.3 Å². The number of hydrogen-bond acceptors (Lipinski definition) is 4. The maximum atomic E-state index is 5.34. The van der Waals surface area contributed by atoms with Crippen molar-refractivity contribution in [3.05, 3.63) is 47.6 Å². The van der Waals surface area contributed by atoms with E-state index in [0.29, 0.717) is 0 Å². The van der Waals surface area contributed by atoms with Gasteiger partial charge in [0.05, 0.1) is 18.0 Å². The molecule has 0 amide bonds. The molecule has 0 radical (unpaired) electrons. The highest BCUT2D eigenvalue weighted by Crippen LogP contribution is 2.14. The summed E-state index contributed by atoms with van der Waals surface area (Å²) in [5, 5.41) is 5.42. The van der Waals surface area contributed by atoms with Gasteiger partial charge < -0.3 is 9.73 Å². The van der Waals surface area contributed by atoms with Crippen molar-refractivity contribution in [3.63, 3.8) is 0 Å². The van der Waals surface area contributed by atoms with Crippen LogP contribution in [0.5, 0.6) is 0 Å². The molecule has 88 valence electrons. The van der Waals surface area contributed by atoms with Crippen LogP contribution in [-0.4, -0.2) is 9.38 Å². The SMILES string of the molecule is CC(NCc1cn2ccsc2n1)c1ccco1. The third kappa shape index (κ3) is 2.11. The molecule has 0 fully saturated rings. The van der Waals surface area contributed by atoms with Crippen LogP contribution in [0, 0.1) is 0 Å². The minimum atomic E-state index is 0.199. The summed E-state index contributed by atoms with van der Waals surface area (Å²) in [5.41, 5.74) is 1.05. The van der Waals surface area contributed by atoms with Gasteiger partial charge in [0.2, 0.25) is 0 Å². The topological polar surface area (TPSA) is 42.5 Å². The fourth-order valence-electron chi connectivity index (χ4n) is 1.76. The van der Waals surface area contributed by atoms with E-state index in [0.717, 1.165) is 23.0 Å². The predicted octanol–water partition coefficient (Wildman–Crippen LogP) is 2.84. The van der Waals surface area contributed by atoms with Crippen molar-refractivity contribution in [2.45, 2.75) is 19.5 Å². The monoisotopic (exact) mass is 247 g/mol. The molecule has 5 heteroatoms. The van der Waals surface area contributed by atoms with E-state index in [1.165, 1.54) is 0 Å². The van der Waals surface area contributed by atoms with Crippen molar-refractivity contribution in [2.24, 2.45) is 0 Å². The minimum absolute atomic E-state index is 0.199. The van der Waals surface area contributed by atoms with Crippen LogP contribution in [0.3, 0.4) is 0 Å². The number of nitrogens with one attached hydrogen (secondary N) is 1. The van der Waals surface area contributed by atoms with Gasteiger partial charge >= 0.3 is 0 Å². The Morgan fingerprint density at radius 3 is 3.29 bits per heavy atom. The number of rotatable bonds is 4. The maximum absolute atomic E-state index is 5.34. The molecular formula is C12H13N3OS. The van der Waals surface area contributed by atoms with Gasteiger partial charge in [0, 0.05) is 24.3 Å². The highest BCUT2D eigenvalue weighted by Gasteiger charge is 2.08. The summed E-state index contributed by atoms with van der Waals surface area (Å²) >= 11 is 1.65. The zero-order chi connectivity index (χ0) is 11.7. The van der Waals surface area contributed by atoms with Gasteiger partial charge in [0.15, 0.2) is 4.96 Å². The molecule has 3 aromatic rings. The number of imidazole rings is 1. The zero-order valence-electron chi connectivity index (χ0n) is 9.46. The molecule has 0 aromatic carbocycles. The van der Waals surface area contributed by atoms with E-state index in [1.54, 1.807) is 17.6 Å². The van der Waals surface area contributed by atoms with Gasteiger partial charge in [0.1, 0.15) is 5.76 Å². The fraction of sp³-hybridized carbons (Fsp3) is 0.250. The first-order valence-electron chi connectivity index (χ1n) is 5.51. The van der Waals surface area contributed by atoms with E-state index in [1.807, 2.05) is 34.3 Å². The third-order valence-corrected chi connectivity index (χ3v) is 3.47. The molecule has 0 spiro atoms. The molecular weight excluding hydrogens is 234 g/mol. The summed E-state index contributed by atoms with van der Waals surface area (Å²) in [6, 6.07) is 4.08. The standard InChI is InChI=1S/C12H13N3OS/c1-9(11-3-2-5-16-11)13-7-10-8-15-4-6-17-12(15)14-10/h2-6,8-9,13H,7H2,1H3. The summed E-state index contributed by atoms with van der Waals surface area (Å²) in [7, 11) is 0. The first kappa shape index (κ1) is 10.6. The molecule has 1 N–H and O–H groups in total. The first-order valence-corrected chi connectivity index (χ1v) is 6.39.